The summed E-state index contributed by atoms with van der Waals surface area (Å²) >= 11 is 1.35. The maximum absolute atomic E-state index is 11.8. The topological polar surface area (TPSA) is 104 Å². The Hall–Kier alpha value is -1.95. The van der Waals surface area contributed by atoms with Gasteiger partial charge >= 0.3 is 0 Å². The number of aromatic nitrogens is 3. The summed E-state index contributed by atoms with van der Waals surface area (Å²) in [5.74, 6) is 1.51. The summed E-state index contributed by atoms with van der Waals surface area (Å²) in [5.41, 5.74) is 0. The minimum absolute atomic E-state index is 0.0343. The molecule has 1 N–H and O–H groups in total. The number of aromatic hydroxyl groups is 1. The van der Waals surface area contributed by atoms with Gasteiger partial charge in [-0.15, -0.1) is 0 Å². The van der Waals surface area contributed by atoms with E-state index >= 15 is 0 Å². The number of piperazine rings is 1. The van der Waals surface area contributed by atoms with Gasteiger partial charge in [-0.2, -0.15) is 13.9 Å². The van der Waals surface area contributed by atoms with Crippen molar-refractivity contribution in [2.75, 3.05) is 32.4 Å². The third-order valence-electron chi connectivity index (χ3n) is 4.53. The molecule has 1 atom stereocenters. The summed E-state index contributed by atoms with van der Waals surface area (Å²) in [6, 6.07) is 3.44. The van der Waals surface area contributed by atoms with E-state index in [1.165, 1.54) is 32.7 Å². The first kappa shape index (κ1) is 17.5. The summed E-state index contributed by atoms with van der Waals surface area (Å²) in [6.45, 7) is 3.73. The molecule has 1 aliphatic rings. The Kier molecular flexibility index (Phi) is 4.26. The average Bonchev–Trinajstić information content (AvgIpc) is 3.28. The predicted octanol–water partition coefficient (Wildman–Crippen LogP) is 1.06. The van der Waals surface area contributed by atoms with Crippen LogP contribution in [0.15, 0.2) is 22.9 Å². The van der Waals surface area contributed by atoms with Crippen LogP contribution in [0.5, 0.6) is 5.88 Å². The monoisotopic (exact) mass is 397 g/mol. The second-order valence-corrected chi connectivity index (χ2v) is 9.28. The van der Waals surface area contributed by atoms with Crippen molar-refractivity contribution in [1.29, 1.82) is 0 Å². The lowest BCUT2D eigenvalue weighted by Gasteiger charge is -2.37. The van der Waals surface area contributed by atoms with Gasteiger partial charge in [0.2, 0.25) is 20.9 Å². The van der Waals surface area contributed by atoms with Gasteiger partial charge in [-0.1, -0.05) is 11.3 Å². The molecule has 0 spiro atoms. The van der Waals surface area contributed by atoms with Crippen molar-refractivity contribution in [3.63, 3.8) is 0 Å². The van der Waals surface area contributed by atoms with Gasteiger partial charge < -0.3 is 9.52 Å². The Bertz CT molecular complexity index is 1030. The van der Waals surface area contributed by atoms with Gasteiger partial charge in [-0.3, -0.25) is 4.90 Å². The van der Waals surface area contributed by atoms with Gasteiger partial charge in [0.25, 0.3) is 0 Å². The lowest BCUT2D eigenvalue weighted by Crippen LogP contribution is -2.49. The number of hydrogen-bond donors (Lipinski definition) is 1. The first-order valence-electron chi connectivity index (χ1n) is 8.11. The van der Waals surface area contributed by atoms with Crippen LogP contribution in [0.1, 0.15) is 22.4 Å². The Balaban J connectivity index is 1.71. The van der Waals surface area contributed by atoms with Gasteiger partial charge in [0.05, 0.1) is 11.1 Å². The van der Waals surface area contributed by atoms with Crippen molar-refractivity contribution >= 4 is 26.3 Å². The molecular formula is C15H19N5O4S2. The van der Waals surface area contributed by atoms with Gasteiger partial charge in [0, 0.05) is 26.2 Å². The van der Waals surface area contributed by atoms with E-state index in [1.807, 2.05) is 19.1 Å². The summed E-state index contributed by atoms with van der Waals surface area (Å²) in [7, 11) is -3.21. The third kappa shape index (κ3) is 3.00. The van der Waals surface area contributed by atoms with Crippen molar-refractivity contribution in [2.24, 2.45) is 0 Å². The Morgan fingerprint density at radius 1 is 1.27 bits per heavy atom. The lowest BCUT2D eigenvalue weighted by molar-refractivity contribution is 0.142. The summed E-state index contributed by atoms with van der Waals surface area (Å²) in [6.07, 6.45) is 2.62. The standard InChI is InChI=1S/C15H19N5O4S2/c1-10-3-4-11(24-10)12(13-14(21)20-15(25-13)16-9-17-20)18-5-7-19(8-6-18)26(2,22)23/h3-4,9,12,21H,5-8H2,1-2H3. The zero-order valence-electron chi connectivity index (χ0n) is 14.4. The maximum atomic E-state index is 11.8. The van der Waals surface area contributed by atoms with Crippen LogP contribution in [0.25, 0.3) is 4.96 Å². The zero-order valence-corrected chi connectivity index (χ0v) is 16.0. The Morgan fingerprint density at radius 3 is 2.58 bits per heavy atom. The van der Waals surface area contributed by atoms with Crippen LogP contribution in [0, 0.1) is 6.92 Å². The average molecular weight is 397 g/mol. The zero-order chi connectivity index (χ0) is 18.5. The number of furan rings is 1. The number of sulfonamides is 1. The number of aryl methyl sites for hydroxylation is 1. The minimum atomic E-state index is -3.21. The molecule has 0 radical (unpaired) electrons. The highest BCUT2D eigenvalue weighted by molar-refractivity contribution is 7.88. The van der Waals surface area contributed by atoms with Crippen LogP contribution in [0.2, 0.25) is 0 Å². The molecule has 0 amide bonds. The highest BCUT2D eigenvalue weighted by atomic mass is 32.2. The Morgan fingerprint density at radius 2 is 2.00 bits per heavy atom. The van der Waals surface area contributed by atoms with Crippen molar-refractivity contribution < 1.29 is 17.9 Å². The molecule has 4 rings (SSSR count). The molecule has 0 saturated carbocycles. The number of nitrogens with zero attached hydrogens (tertiary/aromatic N) is 5. The lowest BCUT2D eigenvalue weighted by atomic mass is 10.1. The van der Waals surface area contributed by atoms with E-state index in [0.29, 0.717) is 41.8 Å². The summed E-state index contributed by atoms with van der Waals surface area (Å²) < 4.78 is 32.3. The van der Waals surface area contributed by atoms with Gasteiger partial charge in [-0.25, -0.2) is 13.4 Å². The van der Waals surface area contributed by atoms with Crippen LogP contribution in [-0.4, -0.2) is 69.8 Å². The molecule has 3 aromatic heterocycles. The fraction of sp³-hybridized carbons (Fsp3) is 0.467. The summed E-state index contributed by atoms with van der Waals surface area (Å²) in [5, 5.41) is 14.7. The molecule has 9 nitrogen and oxygen atoms in total. The number of thiazole rings is 1. The van der Waals surface area contributed by atoms with Crippen molar-refractivity contribution in [1.82, 2.24) is 23.8 Å². The SMILES string of the molecule is Cc1ccc(C(c2sc3ncnn3c2O)N2CCN(S(C)(=O)=O)CC2)o1. The van der Waals surface area contributed by atoms with Gasteiger partial charge in [0.15, 0.2) is 0 Å². The largest absolute Gasteiger partial charge is 0.492 e. The molecule has 11 heteroatoms. The summed E-state index contributed by atoms with van der Waals surface area (Å²) in [4.78, 5) is 7.54. The van der Waals surface area contributed by atoms with Crippen molar-refractivity contribution in [3.8, 4) is 5.88 Å². The van der Waals surface area contributed by atoms with E-state index in [4.69, 9.17) is 4.42 Å². The predicted molar refractivity (Wildman–Crippen MR) is 95.8 cm³/mol. The first-order chi connectivity index (χ1) is 12.3. The fourth-order valence-corrected chi connectivity index (χ4v) is 5.14. The molecule has 0 aromatic carbocycles. The normalized spacial score (nSPS) is 18.5. The van der Waals surface area contributed by atoms with Crippen LogP contribution < -0.4 is 0 Å². The third-order valence-corrected chi connectivity index (χ3v) is 6.91. The van der Waals surface area contributed by atoms with Crippen molar-refractivity contribution in [3.05, 3.63) is 34.9 Å². The first-order valence-corrected chi connectivity index (χ1v) is 10.8. The second-order valence-electron chi connectivity index (χ2n) is 6.29. The van der Waals surface area contributed by atoms with Crippen LogP contribution in [0.3, 0.4) is 0 Å². The molecule has 3 aromatic rings. The highest BCUT2D eigenvalue weighted by Crippen LogP contribution is 2.40. The van der Waals surface area contributed by atoms with E-state index < -0.39 is 10.0 Å². The minimum Gasteiger partial charge on any atom is -0.492 e. The van der Waals surface area contributed by atoms with E-state index in [1.54, 1.807) is 0 Å². The number of hydrogen-bond acceptors (Lipinski definition) is 8. The van der Waals surface area contributed by atoms with E-state index in [-0.39, 0.29) is 11.9 Å². The molecule has 0 bridgehead atoms. The highest BCUT2D eigenvalue weighted by Gasteiger charge is 2.34. The number of rotatable bonds is 4. The van der Waals surface area contributed by atoms with Gasteiger partial charge in [-0.05, 0) is 19.1 Å². The molecule has 1 aliphatic heterocycles. The molecular weight excluding hydrogens is 378 g/mol. The molecule has 140 valence electrons. The molecule has 0 aliphatic carbocycles. The number of fused-ring (bicyclic) bond motifs is 1. The van der Waals surface area contributed by atoms with Crippen LogP contribution >= 0.6 is 11.3 Å². The van der Waals surface area contributed by atoms with E-state index in [2.05, 4.69) is 15.0 Å². The quantitative estimate of drug-likeness (QED) is 0.702. The van der Waals surface area contributed by atoms with Crippen LogP contribution in [0.4, 0.5) is 0 Å². The van der Waals surface area contributed by atoms with E-state index in [0.717, 1.165) is 5.76 Å². The van der Waals surface area contributed by atoms with Crippen LogP contribution in [-0.2, 0) is 10.0 Å². The maximum Gasteiger partial charge on any atom is 0.230 e. The smallest absolute Gasteiger partial charge is 0.230 e. The molecule has 1 saturated heterocycles. The van der Waals surface area contributed by atoms with Gasteiger partial charge in [0.1, 0.15) is 23.9 Å². The van der Waals surface area contributed by atoms with Crippen molar-refractivity contribution in [2.45, 2.75) is 13.0 Å². The molecule has 1 unspecified atom stereocenters. The second kappa shape index (κ2) is 6.34. The van der Waals surface area contributed by atoms with E-state index in [9.17, 15) is 13.5 Å². The molecule has 4 heterocycles. The molecule has 1 fully saturated rings. The Labute approximate surface area is 154 Å². The fourth-order valence-electron chi connectivity index (χ4n) is 3.24. The molecule has 26 heavy (non-hydrogen) atoms.